The summed E-state index contributed by atoms with van der Waals surface area (Å²) in [4.78, 5) is 22.5. The Balaban J connectivity index is 1.61. The number of hydrogen-bond donors (Lipinski definition) is 1. The maximum Gasteiger partial charge on any atom is 0.413 e. The Hall–Kier alpha value is -4.28. The molecule has 4 aromatic rings. The summed E-state index contributed by atoms with van der Waals surface area (Å²) in [6, 6.07) is 4.57. The summed E-state index contributed by atoms with van der Waals surface area (Å²) in [5.41, 5.74) is 3.92. The van der Waals surface area contributed by atoms with Crippen LogP contribution in [0.4, 0.5) is 15.0 Å². The highest BCUT2D eigenvalue weighted by molar-refractivity contribution is 5.90. The fourth-order valence-corrected chi connectivity index (χ4v) is 4.70. The molecule has 2 aliphatic rings. The first-order valence-electron chi connectivity index (χ1n) is 10.7. The first-order chi connectivity index (χ1) is 16.4. The SMILES string of the molecule is Cc1cnc(-c2cc3c(n4cnnc24)N(C(=O)O)Cc2c(F)ccc4c2[C@@H](CO4)CO3)c(C)n1. The molecule has 172 valence electrons. The summed E-state index contributed by atoms with van der Waals surface area (Å²) in [7, 11) is 0. The Bertz CT molecular complexity index is 1490. The Morgan fingerprint density at radius 2 is 2.00 bits per heavy atom. The second-order valence-electron chi connectivity index (χ2n) is 8.34. The lowest BCUT2D eigenvalue weighted by Gasteiger charge is -2.24. The molecule has 1 amide bonds. The Labute approximate surface area is 192 Å². The number of carboxylic acid groups (broad SMARTS) is 1. The van der Waals surface area contributed by atoms with Gasteiger partial charge < -0.3 is 14.6 Å². The molecule has 2 aliphatic heterocycles. The minimum absolute atomic E-state index is 0.176. The molecule has 0 fully saturated rings. The average Bonchev–Trinajstić information content (AvgIpc) is 3.45. The van der Waals surface area contributed by atoms with Crippen LogP contribution in [0.1, 0.15) is 28.4 Å². The monoisotopic (exact) mass is 462 g/mol. The normalized spacial score (nSPS) is 16.7. The van der Waals surface area contributed by atoms with Crippen LogP contribution in [0.25, 0.3) is 16.9 Å². The topological polar surface area (TPSA) is 115 Å². The summed E-state index contributed by atoms with van der Waals surface area (Å²) in [6.45, 7) is 3.96. The van der Waals surface area contributed by atoms with Gasteiger partial charge in [-0.1, -0.05) is 0 Å². The molecule has 0 saturated heterocycles. The first kappa shape index (κ1) is 20.3. The van der Waals surface area contributed by atoms with Crippen LogP contribution in [0.2, 0.25) is 0 Å². The predicted molar refractivity (Wildman–Crippen MR) is 118 cm³/mol. The van der Waals surface area contributed by atoms with E-state index in [0.717, 1.165) is 10.6 Å². The van der Waals surface area contributed by atoms with Crippen LogP contribution in [0.15, 0.2) is 30.7 Å². The van der Waals surface area contributed by atoms with Crippen molar-refractivity contribution in [3.05, 3.63) is 59.1 Å². The molecular formula is C23H19FN6O4. The number of anilines is 1. The van der Waals surface area contributed by atoms with Crippen molar-refractivity contribution in [1.29, 1.82) is 0 Å². The van der Waals surface area contributed by atoms with E-state index in [2.05, 4.69) is 20.2 Å². The van der Waals surface area contributed by atoms with Gasteiger partial charge in [-0.2, -0.15) is 0 Å². The maximum atomic E-state index is 15.0. The van der Waals surface area contributed by atoms with Gasteiger partial charge in [0.25, 0.3) is 0 Å². The highest BCUT2D eigenvalue weighted by Crippen LogP contribution is 2.43. The van der Waals surface area contributed by atoms with E-state index in [1.54, 1.807) is 18.3 Å². The van der Waals surface area contributed by atoms with Crippen molar-refractivity contribution >= 4 is 17.6 Å². The number of nitrogens with zero attached hydrogens (tertiary/aromatic N) is 6. The molecule has 0 unspecified atom stereocenters. The van der Waals surface area contributed by atoms with Crippen molar-refractivity contribution in [3.63, 3.8) is 0 Å². The summed E-state index contributed by atoms with van der Waals surface area (Å²) in [5.74, 6) is 0.274. The van der Waals surface area contributed by atoms with Crippen molar-refractivity contribution in [2.45, 2.75) is 26.3 Å². The van der Waals surface area contributed by atoms with Crippen molar-refractivity contribution in [2.24, 2.45) is 0 Å². The third-order valence-electron chi connectivity index (χ3n) is 6.19. The van der Waals surface area contributed by atoms with E-state index in [4.69, 9.17) is 9.47 Å². The van der Waals surface area contributed by atoms with Gasteiger partial charge in [-0.15, -0.1) is 10.2 Å². The number of ether oxygens (including phenoxy) is 2. The van der Waals surface area contributed by atoms with Crippen molar-refractivity contribution in [2.75, 3.05) is 18.1 Å². The average molecular weight is 462 g/mol. The standard InChI is InChI=1S/C23H19FN6O4/c1-11-6-25-20(12(2)27-11)14-5-18-22(30-10-26-28-21(14)30)29(23(31)32)7-15-16(24)3-4-17-19(15)13(8-33-17)9-34-18/h3-6,10,13H,7-9H2,1-2H3,(H,31,32)/t13-/m0/s1. The molecule has 5 heterocycles. The van der Waals surface area contributed by atoms with Gasteiger partial charge in [0, 0.05) is 17.3 Å². The van der Waals surface area contributed by atoms with Gasteiger partial charge in [0.2, 0.25) is 0 Å². The molecule has 0 saturated carbocycles. The lowest BCUT2D eigenvalue weighted by atomic mass is 9.95. The molecule has 0 bridgehead atoms. The molecular weight excluding hydrogens is 443 g/mol. The Kier molecular flexibility index (Phi) is 4.41. The second-order valence-corrected chi connectivity index (χ2v) is 8.34. The highest BCUT2D eigenvalue weighted by Gasteiger charge is 2.35. The zero-order valence-corrected chi connectivity index (χ0v) is 18.3. The van der Waals surface area contributed by atoms with Gasteiger partial charge >= 0.3 is 6.09 Å². The smallest absolute Gasteiger partial charge is 0.413 e. The minimum atomic E-state index is -1.27. The molecule has 1 N–H and O–H groups in total. The maximum absolute atomic E-state index is 15.0. The second kappa shape index (κ2) is 7.37. The van der Waals surface area contributed by atoms with E-state index in [0.29, 0.717) is 40.5 Å². The van der Waals surface area contributed by atoms with Gasteiger partial charge in [0.15, 0.2) is 17.2 Å². The van der Waals surface area contributed by atoms with Gasteiger partial charge in [-0.05, 0) is 32.0 Å². The molecule has 3 aromatic heterocycles. The largest absolute Gasteiger partial charge is 0.493 e. The van der Waals surface area contributed by atoms with Crippen LogP contribution in [-0.4, -0.2) is 49.0 Å². The number of aryl methyl sites for hydroxylation is 2. The van der Waals surface area contributed by atoms with Crippen LogP contribution in [0.3, 0.4) is 0 Å². The van der Waals surface area contributed by atoms with Crippen LogP contribution >= 0.6 is 0 Å². The highest BCUT2D eigenvalue weighted by atomic mass is 19.1. The molecule has 1 aromatic carbocycles. The molecule has 11 heteroatoms. The predicted octanol–water partition coefficient (Wildman–Crippen LogP) is 3.50. The molecule has 0 spiro atoms. The number of carbonyl (C=O) groups is 1. The fourth-order valence-electron chi connectivity index (χ4n) is 4.70. The van der Waals surface area contributed by atoms with E-state index in [1.807, 2.05) is 13.8 Å². The number of halogens is 1. The van der Waals surface area contributed by atoms with Crippen LogP contribution in [-0.2, 0) is 6.54 Å². The quantitative estimate of drug-likeness (QED) is 0.457. The van der Waals surface area contributed by atoms with E-state index in [9.17, 15) is 14.3 Å². The van der Waals surface area contributed by atoms with Crippen LogP contribution < -0.4 is 14.4 Å². The first-order valence-corrected chi connectivity index (χ1v) is 10.7. The van der Waals surface area contributed by atoms with Crippen molar-refractivity contribution in [3.8, 4) is 22.8 Å². The molecule has 34 heavy (non-hydrogen) atoms. The lowest BCUT2D eigenvalue weighted by Crippen LogP contribution is -2.31. The van der Waals surface area contributed by atoms with E-state index >= 15 is 0 Å². The molecule has 1 atom stereocenters. The van der Waals surface area contributed by atoms with E-state index < -0.39 is 11.9 Å². The number of fused-ring (bicyclic) bond motifs is 3. The number of benzene rings is 1. The fraction of sp³-hybridized carbons (Fsp3) is 0.261. The summed E-state index contributed by atoms with van der Waals surface area (Å²) >= 11 is 0. The van der Waals surface area contributed by atoms with Gasteiger partial charge in [0.1, 0.15) is 17.9 Å². The molecule has 10 nitrogen and oxygen atoms in total. The number of rotatable bonds is 1. The minimum Gasteiger partial charge on any atom is -0.493 e. The Morgan fingerprint density at radius 1 is 1.21 bits per heavy atom. The third kappa shape index (κ3) is 2.96. The zero-order valence-electron chi connectivity index (χ0n) is 18.3. The van der Waals surface area contributed by atoms with Crippen molar-refractivity contribution < 1.29 is 23.8 Å². The van der Waals surface area contributed by atoms with Gasteiger partial charge in [-0.25, -0.2) is 9.18 Å². The summed E-state index contributed by atoms with van der Waals surface area (Å²) in [5, 5.41) is 18.4. The molecule has 6 rings (SSSR count). The van der Waals surface area contributed by atoms with Gasteiger partial charge in [-0.3, -0.25) is 19.3 Å². The Morgan fingerprint density at radius 3 is 2.76 bits per heavy atom. The third-order valence-corrected chi connectivity index (χ3v) is 6.19. The number of aromatic nitrogens is 5. The number of amides is 1. The lowest BCUT2D eigenvalue weighted by molar-refractivity contribution is 0.200. The zero-order chi connectivity index (χ0) is 23.6. The number of pyridine rings is 1. The van der Waals surface area contributed by atoms with Crippen molar-refractivity contribution in [1.82, 2.24) is 24.6 Å². The van der Waals surface area contributed by atoms with Gasteiger partial charge in [0.05, 0.1) is 48.3 Å². The van der Waals surface area contributed by atoms with Crippen LogP contribution in [0, 0.1) is 19.7 Å². The van der Waals surface area contributed by atoms with E-state index in [1.165, 1.54) is 16.8 Å². The summed E-state index contributed by atoms with van der Waals surface area (Å²) < 4.78 is 28.4. The number of hydrogen-bond acceptors (Lipinski definition) is 7. The van der Waals surface area contributed by atoms with Crippen LogP contribution in [0.5, 0.6) is 11.5 Å². The van der Waals surface area contributed by atoms with E-state index in [-0.39, 0.29) is 36.2 Å². The summed E-state index contributed by atoms with van der Waals surface area (Å²) in [6.07, 6.45) is 1.79. The molecule has 0 aliphatic carbocycles. The molecule has 0 radical (unpaired) electrons.